The summed E-state index contributed by atoms with van der Waals surface area (Å²) in [5.74, 6) is 1.51. The summed E-state index contributed by atoms with van der Waals surface area (Å²) in [5.41, 5.74) is 5.41. The van der Waals surface area contributed by atoms with Gasteiger partial charge in [0.15, 0.2) is 11.7 Å². The highest BCUT2D eigenvalue weighted by molar-refractivity contribution is 9.10. The minimum atomic E-state index is 0.564. The zero-order chi connectivity index (χ0) is 9.97. The summed E-state index contributed by atoms with van der Waals surface area (Å²) in [4.78, 5) is 5.21. The van der Waals surface area contributed by atoms with Crippen LogP contribution >= 0.6 is 27.3 Å². The van der Waals surface area contributed by atoms with Crippen LogP contribution in [0.2, 0.25) is 0 Å². The second kappa shape index (κ2) is 4.25. The van der Waals surface area contributed by atoms with Crippen molar-refractivity contribution >= 4 is 27.3 Å². The second-order valence-corrected chi connectivity index (χ2v) is 4.61. The van der Waals surface area contributed by atoms with E-state index in [0.29, 0.717) is 18.9 Å². The molecule has 3 nitrogen and oxygen atoms in total. The third-order valence-corrected chi connectivity index (χ3v) is 3.43. The first kappa shape index (κ1) is 9.89. The van der Waals surface area contributed by atoms with Gasteiger partial charge in [-0.15, -0.1) is 11.3 Å². The molecular formula is C9H9BrN2OS. The Morgan fingerprint density at radius 1 is 1.57 bits per heavy atom. The average Bonchev–Trinajstić information content (AvgIpc) is 2.74. The summed E-state index contributed by atoms with van der Waals surface area (Å²) in [6.45, 7) is 0.564. The lowest BCUT2D eigenvalue weighted by atomic mass is 10.4. The number of hydrogen-bond acceptors (Lipinski definition) is 4. The van der Waals surface area contributed by atoms with E-state index in [9.17, 15) is 0 Å². The van der Waals surface area contributed by atoms with Gasteiger partial charge in [-0.25, -0.2) is 4.98 Å². The minimum Gasteiger partial charge on any atom is -0.440 e. The summed E-state index contributed by atoms with van der Waals surface area (Å²) < 4.78 is 6.59. The Labute approximate surface area is 94.1 Å². The number of thiophene rings is 1. The van der Waals surface area contributed by atoms with E-state index in [1.807, 2.05) is 11.4 Å². The van der Waals surface area contributed by atoms with Crippen molar-refractivity contribution in [2.75, 3.05) is 6.54 Å². The maximum atomic E-state index is 5.52. The second-order valence-electron chi connectivity index (χ2n) is 2.79. The molecule has 0 amide bonds. The van der Waals surface area contributed by atoms with Crippen LogP contribution < -0.4 is 5.73 Å². The van der Waals surface area contributed by atoms with E-state index in [2.05, 4.69) is 20.9 Å². The Balaban J connectivity index is 2.24. The quantitative estimate of drug-likeness (QED) is 0.935. The third kappa shape index (κ3) is 2.05. The van der Waals surface area contributed by atoms with Gasteiger partial charge < -0.3 is 10.2 Å². The number of nitrogens with two attached hydrogens (primary N) is 1. The molecule has 0 spiro atoms. The van der Waals surface area contributed by atoms with Crippen LogP contribution in [-0.2, 0) is 6.42 Å². The lowest BCUT2D eigenvalue weighted by Crippen LogP contribution is -2.02. The molecule has 0 bridgehead atoms. The summed E-state index contributed by atoms with van der Waals surface area (Å²) in [6.07, 6.45) is 2.43. The molecule has 5 heteroatoms. The molecule has 0 unspecified atom stereocenters. The molecule has 0 radical (unpaired) electrons. The van der Waals surface area contributed by atoms with Crippen LogP contribution in [0.5, 0.6) is 0 Å². The van der Waals surface area contributed by atoms with Gasteiger partial charge in [0.1, 0.15) is 0 Å². The number of hydrogen-bond donors (Lipinski definition) is 1. The molecule has 2 heterocycles. The number of oxazole rings is 1. The van der Waals surface area contributed by atoms with Crippen molar-refractivity contribution in [3.05, 3.63) is 28.0 Å². The fourth-order valence-corrected chi connectivity index (χ4v) is 2.48. The number of rotatable bonds is 3. The van der Waals surface area contributed by atoms with Crippen LogP contribution in [0, 0.1) is 0 Å². The molecule has 0 saturated carbocycles. The maximum absolute atomic E-state index is 5.52. The third-order valence-electron chi connectivity index (χ3n) is 1.72. The normalized spacial score (nSPS) is 10.7. The molecule has 0 atom stereocenters. The predicted octanol–water partition coefficient (Wildman–Crippen LogP) is 2.67. The van der Waals surface area contributed by atoms with E-state index in [1.54, 1.807) is 17.5 Å². The van der Waals surface area contributed by atoms with Gasteiger partial charge in [-0.05, 0) is 22.0 Å². The van der Waals surface area contributed by atoms with Gasteiger partial charge in [0.2, 0.25) is 0 Å². The van der Waals surface area contributed by atoms with Crippen LogP contribution in [-0.4, -0.2) is 11.5 Å². The van der Waals surface area contributed by atoms with E-state index in [0.717, 1.165) is 15.1 Å². The fourth-order valence-electron chi connectivity index (χ4n) is 1.11. The average molecular weight is 273 g/mol. The summed E-state index contributed by atoms with van der Waals surface area (Å²) in [7, 11) is 0. The highest BCUT2D eigenvalue weighted by atomic mass is 79.9. The Hall–Kier alpha value is -0.650. The van der Waals surface area contributed by atoms with Crippen LogP contribution in [0.1, 0.15) is 5.89 Å². The molecule has 0 fully saturated rings. The van der Waals surface area contributed by atoms with Crippen molar-refractivity contribution in [2.24, 2.45) is 5.73 Å². The fraction of sp³-hybridized carbons (Fsp3) is 0.222. The zero-order valence-electron chi connectivity index (χ0n) is 7.37. The van der Waals surface area contributed by atoms with E-state index in [4.69, 9.17) is 10.2 Å². The monoisotopic (exact) mass is 272 g/mol. The van der Waals surface area contributed by atoms with Gasteiger partial charge in [-0.3, -0.25) is 0 Å². The highest BCUT2D eigenvalue weighted by Gasteiger charge is 2.07. The molecule has 2 aromatic heterocycles. The van der Waals surface area contributed by atoms with Crippen molar-refractivity contribution in [3.8, 4) is 10.6 Å². The molecule has 0 aliphatic rings. The zero-order valence-corrected chi connectivity index (χ0v) is 9.77. The van der Waals surface area contributed by atoms with Gasteiger partial charge >= 0.3 is 0 Å². The molecule has 0 saturated heterocycles. The smallest absolute Gasteiger partial charge is 0.196 e. The Bertz CT molecular complexity index is 424. The molecule has 14 heavy (non-hydrogen) atoms. The number of halogens is 1. The van der Waals surface area contributed by atoms with Crippen molar-refractivity contribution < 1.29 is 4.42 Å². The van der Waals surface area contributed by atoms with Crippen molar-refractivity contribution in [3.63, 3.8) is 0 Å². The van der Waals surface area contributed by atoms with Crippen molar-refractivity contribution in [1.29, 1.82) is 0 Å². The SMILES string of the molecule is NCCc1ncc(-c2cc(Br)cs2)o1. The predicted molar refractivity (Wildman–Crippen MR) is 60.3 cm³/mol. The Morgan fingerprint density at radius 2 is 2.43 bits per heavy atom. The molecule has 2 rings (SSSR count). The number of nitrogens with zero attached hydrogens (tertiary/aromatic N) is 1. The van der Waals surface area contributed by atoms with Gasteiger partial charge in [0.25, 0.3) is 0 Å². The Kier molecular flexibility index (Phi) is 3.00. The lowest BCUT2D eigenvalue weighted by molar-refractivity contribution is 0.509. The summed E-state index contributed by atoms with van der Waals surface area (Å²) >= 11 is 5.02. The van der Waals surface area contributed by atoms with Crippen LogP contribution in [0.3, 0.4) is 0 Å². The molecule has 2 aromatic rings. The van der Waals surface area contributed by atoms with E-state index >= 15 is 0 Å². The van der Waals surface area contributed by atoms with Gasteiger partial charge in [-0.1, -0.05) is 0 Å². The highest BCUT2D eigenvalue weighted by Crippen LogP contribution is 2.30. The van der Waals surface area contributed by atoms with Crippen LogP contribution in [0.4, 0.5) is 0 Å². The van der Waals surface area contributed by atoms with Crippen LogP contribution in [0.15, 0.2) is 26.5 Å². The Morgan fingerprint density at radius 3 is 3.07 bits per heavy atom. The topological polar surface area (TPSA) is 52.0 Å². The van der Waals surface area contributed by atoms with Gasteiger partial charge in [0, 0.05) is 22.8 Å². The standard InChI is InChI=1S/C9H9BrN2OS/c10-6-3-8(14-5-6)7-4-12-9(13-7)1-2-11/h3-5H,1-2,11H2. The molecular weight excluding hydrogens is 264 g/mol. The van der Waals surface area contributed by atoms with E-state index in [-0.39, 0.29) is 0 Å². The van der Waals surface area contributed by atoms with Gasteiger partial charge in [0.05, 0.1) is 11.1 Å². The van der Waals surface area contributed by atoms with Gasteiger partial charge in [-0.2, -0.15) is 0 Å². The van der Waals surface area contributed by atoms with E-state index in [1.165, 1.54) is 0 Å². The van der Waals surface area contributed by atoms with Crippen LogP contribution in [0.25, 0.3) is 10.6 Å². The van der Waals surface area contributed by atoms with Crippen molar-refractivity contribution in [2.45, 2.75) is 6.42 Å². The molecule has 0 aliphatic carbocycles. The largest absolute Gasteiger partial charge is 0.440 e. The minimum absolute atomic E-state index is 0.564. The molecule has 74 valence electrons. The van der Waals surface area contributed by atoms with E-state index < -0.39 is 0 Å². The molecule has 0 aromatic carbocycles. The maximum Gasteiger partial charge on any atom is 0.196 e. The molecule has 0 aliphatic heterocycles. The summed E-state index contributed by atoms with van der Waals surface area (Å²) in [5, 5.41) is 2.01. The molecule has 2 N–H and O–H groups in total. The lowest BCUT2D eigenvalue weighted by Gasteiger charge is -1.89. The first-order valence-electron chi connectivity index (χ1n) is 4.19. The van der Waals surface area contributed by atoms with Crippen molar-refractivity contribution in [1.82, 2.24) is 4.98 Å². The summed E-state index contributed by atoms with van der Waals surface area (Å²) in [6, 6.07) is 2.01. The first-order chi connectivity index (χ1) is 6.79. The number of aromatic nitrogens is 1. The first-order valence-corrected chi connectivity index (χ1v) is 5.86.